The summed E-state index contributed by atoms with van der Waals surface area (Å²) in [4.78, 5) is 28.3. The van der Waals surface area contributed by atoms with E-state index in [1.165, 1.54) is 7.11 Å². The number of ether oxygens (including phenoxy) is 1. The molecule has 0 unspecified atom stereocenters. The van der Waals surface area contributed by atoms with Crippen molar-refractivity contribution < 1.29 is 29.6 Å². The van der Waals surface area contributed by atoms with E-state index in [0.29, 0.717) is 36.3 Å². The number of aliphatic hydroxyl groups is 2. The van der Waals surface area contributed by atoms with Gasteiger partial charge in [-0.15, -0.1) is 0 Å². The van der Waals surface area contributed by atoms with Gasteiger partial charge in [0.25, 0.3) is 0 Å². The van der Waals surface area contributed by atoms with Gasteiger partial charge in [0.15, 0.2) is 29.2 Å². The van der Waals surface area contributed by atoms with Gasteiger partial charge in [-0.05, 0) is 60.6 Å². The lowest BCUT2D eigenvalue weighted by Gasteiger charge is -2.30. The maximum Gasteiger partial charge on any atom is 0.170 e. The number of aryl methyl sites for hydroxylation is 1. The predicted octanol–water partition coefficient (Wildman–Crippen LogP) is 3.79. The molecule has 1 aliphatic heterocycles. The summed E-state index contributed by atoms with van der Waals surface area (Å²) in [6.07, 6.45) is 9.73. The van der Waals surface area contributed by atoms with Crippen LogP contribution in [-0.4, -0.2) is 58.2 Å². The number of unbranched alkanes of at least 4 members (excludes halogenated alkanes) is 4. The number of carbonyl (C=O) groups excluding carboxylic acids is 2. The highest BCUT2D eigenvalue weighted by molar-refractivity contribution is 6.05. The van der Waals surface area contributed by atoms with Crippen LogP contribution in [0, 0.1) is 5.92 Å². The Morgan fingerprint density at radius 2 is 1.88 bits per heavy atom. The summed E-state index contributed by atoms with van der Waals surface area (Å²) in [5, 5.41) is 35.2. The summed E-state index contributed by atoms with van der Waals surface area (Å²) in [5.41, 5.74) is 9.12. The van der Waals surface area contributed by atoms with Crippen LogP contribution in [0.1, 0.15) is 74.6 Å². The molecule has 0 saturated carbocycles. The van der Waals surface area contributed by atoms with Crippen LogP contribution in [0.3, 0.4) is 0 Å². The van der Waals surface area contributed by atoms with Gasteiger partial charge in [0.1, 0.15) is 0 Å². The molecule has 1 aromatic carbocycles. The topological polar surface area (TPSA) is 158 Å². The van der Waals surface area contributed by atoms with Crippen LogP contribution in [0.4, 0.5) is 0 Å². The molecule has 224 valence electrons. The Hall–Kier alpha value is -3.56. The third-order valence-corrected chi connectivity index (χ3v) is 7.69. The van der Waals surface area contributed by atoms with Gasteiger partial charge in [-0.2, -0.15) is 0 Å². The predicted molar refractivity (Wildman–Crippen MR) is 159 cm³/mol. The molecule has 0 radical (unpaired) electrons. The van der Waals surface area contributed by atoms with Crippen molar-refractivity contribution in [1.29, 1.82) is 0 Å². The standard InChI is InChI=1S/C32H45N3O6/c1-3-4-5-6-7-10-26(37)32(40)27(38)12-11-21-16-25(31(39)28(17-21)41-2)30(22-13-15-35-29(33)19-22)23(20-36)18-24-9-8-14-34-24/h8-9,13-14,16-17,19,23,30,32,34-36,39-40H,3-7,10-12,15,18,20,33H2,1-2H3/t23-,30-,32-/m0/s1. The average Bonchev–Trinajstić information content (AvgIpc) is 3.49. The van der Waals surface area contributed by atoms with Gasteiger partial charge in [-0.1, -0.05) is 44.7 Å². The smallest absolute Gasteiger partial charge is 0.170 e. The molecule has 3 atom stereocenters. The Kier molecular flexibility index (Phi) is 12.5. The molecule has 41 heavy (non-hydrogen) atoms. The molecule has 0 bridgehead atoms. The van der Waals surface area contributed by atoms with Crippen molar-refractivity contribution in [2.24, 2.45) is 11.7 Å². The van der Waals surface area contributed by atoms with Gasteiger partial charge in [0.2, 0.25) is 0 Å². The quantitative estimate of drug-likeness (QED) is 0.117. The van der Waals surface area contributed by atoms with Crippen LogP contribution in [0.2, 0.25) is 0 Å². The van der Waals surface area contributed by atoms with E-state index >= 15 is 0 Å². The summed E-state index contributed by atoms with van der Waals surface area (Å²) in [7, 11) is 1.45. The minimum Gasteiger partial charge on any atom is -0.504 e. The van der Waals surface area contributed by atoms with Crippen LogP contribution in [0.25, 0.3) is 0 Å². The molecule has 2 aromatic rings. The number of hydrogen-bond donors (Lipinski definition) is 6. The zero-order valence-electron chi connectivity index (χ0n) is 24.2. The highest BCUT2D eigenvalue weighted by Crippen LogP contribution is 2.44. The molecule has 0 spiro atoms. The van der Waals surface area contributed by atoms with Crippen molar-refractivity contribution in [3.8, 4) is 11.5 Å². The number of H-pyrrole nitrogens is 1. The fourth-order valence-electron chi connectivity index (χ4n) is 5.41. The van der Waals surface area contributed by atoms with E-state index < -0.39 is 23.6 Å². The van der Waals surface area contributed by atoms with Crippen molar-refractivity contribution in [2.45, 2.75) is 76.7 Å². The normalized spacial score (nSPS) is 15.3. The first-order valence-electron chi connectivity index (χ1n) is 14.6. The van der Waals surface area contributed by atoms with Crippen LogP contribution >= 0.6 is 0 Å². The summed E-state index contributed by atoms with van der Waals surface area (Å²) >= 11 is 0. The lowest BCUT2D eigenvalue weighted by molar-refractivity contribution is -0.138. The Balaban J connectivity index is 1.84. The lowest BCUT2D eigenvalue weighted by Crippen LogP contribution is -2.30. The van der Waals surface area contributed by atoms with E-state index in [9.17, 15) is 24.9 Å². The summed E-state index contributed by atoms with van der Waals surface area (Å²) in [6.45, 7) is 2.47. The molecule has 0 fully saturated rings. The summed E-state index contributed by atoms with van der Waals surface area (Å²) in [6, 6.07) is 7.30. The number of aliphatic hydroxyl groups excluding tert-OH is 2. The fourth-order valence-corrected chi connectivity index (χ4v) is 5.41. The second kappa shape index (κ2) is 16.0. The number of aromatic amines is 1. The second-order valence-electron chi connectivity index (χ2n) is 10.7. The number of dihydropyridines is 1. The Morgan fingerprint density at radius 3 is 2.54 bits per heavy atom. The lowest BCUT2D eigenvalue weighted by atomic mass is 9.76. The van der Waals surface area contributed by atoms with E-state index in [0.717, 1.165) is 37.0 Å². The monoisotopic (exact) mass is 567 g/mol. The largest absolute Gasteiger partial charge is 0.504 e. The highest BCUT2D eigenvalue weighted by Gasteiger charge is 2.31. The van der Waals surface area contributed by atoms with Gasteiger partial charge in [0, 0.05) is 49.4 Å². The van der Waals surface area contributed by atoms with Gasteiger partial charge in [0.05, 0.1) is 12.9 Å². The maximum absolute atomic E-state index is 12.7. The molecule has 7 N–H and O–H groups in total. The second-order valence-corrected chi connectivity index (χ2v) is 10.7. The van der Waals surface area contributed by atoms with E-state index in [1.807, 2.05) is 30.5 Å². The average molecular weight is 568 g/mol. The summed E-state index contributed by atoms with van der Waals surface area (Å²) in [5.74, 6) is -1.04. The zero-order valence-corrected chi connectivity index (χ0v) is 24.2. The Labute approximate surface area is 242 Å². The van der Waals surface area contributed by atoms with Crippen LogP contribution < -0.4 is 15.8 Å². The van der Waals surface area contributed by atoms with Gasteiger partial charge >= 0.3 is 0 Å². The van der Waals surface area contributed by atoms with E-state index in [4.69, 9.17) is 10.5 Å². The molecular weight excluding hydrogens is 522 g/mol. The molecule has 9 heteroatoms. The highest BCUT2D eigenvalue weighted by atomic mass is 16.5. The minimum absolute atomic E-state index is 0.0356. The van der Waals surface area contributed by atoms with E-state index in [2.05, 4.69) is 17.2 Å². The molecular formula is C32H45N3O6. The maximum atomic E-state index is 12.7. The number of aromatic hydroxyl groups is 1. The number of rotatable bonds is 18. The van der Waals surface area contributed by atoms with Crippen molar-refractivity contribution >= 4 is 11.6 Å². The number of phenols is 1. The Morgan fingerprint density at radius 1 is 1.12 bits per heavy atom. The van der Waals surface area contributed by atoms with E-state index in [1.54, 1.807) is 12.1 Å². The number of ketones is 2. The number of phenolic OH excluding ortho intramolecular Hbond substituents is 1. The number of methoxy groups -OCH3 is 1. The zero-order chi connectivity index (χ0) is 29.8. The first-order valence-corrected chi connectivity index (χ1v) is 14.6. The molecule has 0 saturated heterocycles. The number of allylic oxidation sites excluding steroid dienone is 2. The first kappa shape index (κ1) is 32.0. The molecule has 9 nitrogen and oxygen atoms in total. The van der Waals surface area contributed by atoms with Gasteiger partial charge < -0.3 is 36.1 Å². The molecule has 1 aromatic heterocycles. The molecule has 0 amide bonds. The van der Waals surface area contributed by atoms with Crippen LogP contribution in [-0.2, 0) is 22.4 Å². The molecule has 1 aliphatic rings. The van der Waals surface area contributed by atoms with Gasteiger partial charge in [-0.25, -0.2) is 0 Å². The first-order chi connectivity index (χ1) is 19.8. The van der Waals surface area contributed by atoms with Crippen LogP contribution in [0.15, 0.2) is 54.0 Å². The molecule has 0 aliphatic carbocycles. The number of nitrogens with two attached hydrogens (primary N) is 1. The number of benzene rings is 1. The van der Waals surface area contributed by atoms with Crippen molar-refractivity contribution in [1.82, 2.24) is 10.3 Å². The number of Topliss-reactive ketones (excluding diaryl/α,β-unsaturated/α-hetero) is 2. The van der Waals surface area contributed by atoms with Gasteiger partial charge in [-0.3, -0.25) is 9.59 Å². The third kappa shape index (κ3) is 8.96. The van der Waals surface area contributed by atoms with Crippen molar-refractivity contribution in [3.63, 3.8) is 0 Å². The molecule has 3 rings (SSSR count). The van der Waals surface area contributed by atoms with E-state index in [-0.39, 0.29) is 43.3 Å². The molecule has 2 heterocycles. The number of aromatic nitrogens is 1. The fraction of sp³-hybridized carbons (Fsp3) is 0.500. The third-order valence-electron chi connectivity index (χ3n) is 7.69. The minimum atomic E-state index is -1.63. The summed E-state index contributed by atoms with van der Waals surface area (Å²) < 4.78 is 5.49. The number of nitrogens with one attached hydrogen (secondary N) is 2. The SMILES string of the molecule is CCCCCCCC(=O)[C@H](O)C(=O)CCc1cc(OC)c(O)c([C@@H](C2=CCNC(N)=C2)[C@H](CO)Cc2ccc[nH]2)c1. The van der Waals surface area contributed by atoms with Crippen molar-refractivity contribution in [3.05, 3.63) is 70.8 Å². The number of hydrogen-bond acceptors (Lipinski definition) is 8. The van der Waals surface area contributed by atoms with Crippen molar-refractivity contribution in [2.75, 3.05) is 20.3 Å². The Bertz CT molecular complexity index is 1200. The van der Waals surface area contributed by atoms with Crippen LogP contribution in [0.5, 0.6) is 11.5 Å². The number of carbonyl (C=O) groups is 2.